The van der Waals surface area contributed by atoms with E-state index in [1.807, 2.05) is 6.07 Å². The zero-order valence-corrected chi connectivity index (χ0v) is 10.7. The van der Waals surface area contributed by atoms with Gasteiger partial charge in [-0.3, -0.25) is 0 Å². The number of aromatic nitrogens is 3. The molecular weight excluding hydrogens is 274 g/mol. The first-order chi connectivity index (χ1) is 10.2. The van der Waals surface area contributed by atoms with Crippen LogP contribution in [0.5, 0.6) is 11.5 Å². The number of rotatable bonds is 2. The van der Waals surface area contributed by atoms with Crippen molar-refractivity contribution < 1.29 is 19.4 Å². The van der Waals surface area contributed by atoms with E-state index in [4.69, 9.17) is 9.47 Å². The minimum Gasteiger partial charge on any atom is -0.478 e. The smallest absolute Gasteiger partial charge is 0.338 e. The third kappa shape index (κ3) is 1.71. The number of fused-ring (bicyclic) bond motifs is 2. The van der Waals surface area contributed by atoms with Crippen LogP contribution in [0.1, 0.15) is 10.4 Å². The predicted octanol–water partition coefficient (Wildman–Crippen LogP) is 2.05. The normalized spacial score (nSPS) is 12.8. The molecule has 0 fully saturated rings. The van der Waals surface area contributed by atoms with Gasteiger partial charge in [0.15, 0.2) is 11.5 Å². The van der Waals surface area contributed by atoms with E-state index in [0.29, 0.717) is 28.2 Å². The van der Waals surface area contributed by atoms with E-state index in [1.54, 1.807) is 12.1 Å². The van der Waals surface area contributed by atoms with E-state index in [0.717, 1.165) is 5.56 Å². The zero-order chi connectivity index (χ0) is 14.4. The molecule has 3 heterocycles. The van der Waals surface area contributed by atoms with Gasteiger partial charge in [0, 0.05) is 11.8 Å². The first kappa shape index (κ1) is 11.7. The molecule has 0 amide bonds. The Labute approximate surface area is 118 Å². The van der Waals surface area contributed by atoms with E-state index in [-0.39, 0.29) is 12.4 Å². The van der Waals surface area contributed by atoms with Crippen molar-refractivity contribution in [2.75, 3.05) is 6.79 Å². The molecule has 2 aromatic heterocycles. The van der Waals surface area contributed by atoms with Gasteiger partial charge in [-0.2, -0.15) is 0 Å². The van der Waals surface area contributed by atoms with Crippen molar-refractivity contribution in [3.8, 4) is 22.8 Å². The van der Waals surface area contributed by atoms with Crippen molar-refractivity contribution >= 4 is 17.0 Å². The molecule has 0 radical (unpaired) electrons. The number of ether oxygens (including phenoxy) is 2. The van der Waals surface area contributed by atoms with Gasteiger partial charge in [-0.25, -0.2) is 14.8 Å². The maximum Gasteiger partial charge on any atom is 0.338 e. The molecule has 2 N–H and O–H groups in total. The van der Waals surface area contributed by atoms with Gasteiger partial charge in [0.05, 0.1) is 16.6 Å². The lowest BCUT2D eigenvalue weighted by molar-refractivity contribution is 0.0699. The molecule has 0 atom stereocenters. The van der Waals surface area contributed by atoms with Gasteiger partial charge in [0.1, 0.15) is 12.0 Å². The summed E-state index contributed by atoms with van der Waals surface area (Å²) in [6.45, 7) is 0.183. The monoisotopic (exact) mass is 283 g/mol. The number of aromatic amines is 1. The largest absolute Gasteiger partial charge is 0.478 e. The van der Waals surface area contributed by atoms with Gasteiger partial charge in [-0.15, -0.1) is 0 Å². The lowest BCUT2D eigenvalue weighted by Gasteiger charge is -2.04. The van der Waals surface area contributed by atoms with Gasteiger partial charge in [0.2, 0.25) is 6.79 Å². The minimum atomic E-state index is -1.03. The molecule has 1 aromatic carbocycles. The number of nitrogens with one attached hydrogen (secondary N) is 1. The summed E-state index contributed by atoms with van der Waals surface area (Å²) in [5.74, 6) is 0.251. The molecule has 7 heteroatoms. The van der Waals surface area contributed by atoms with E-state index < -0.39 is 5.97 Å². The van der Waals surface area contributed by atoms with Crippen LogP contribution >= 0.6 is 0 Å². The second kappa shape index (κ2) is 4.20. The minimum absolute atomic E-state index is 0.137. The summed E-state index contributed by atoms with van der Waals surface area (Å²) in [5, 5.41) is 9.75. The van der Waals surface area contributed by atoms with Crippen molar-refractivity contribution in [1.29, 1.82) is 0 Å². The number of benzene rings is 1. The number of hydrogen-bond acceptors (Lipinski definition) is 5. The number of carboxylic acid groups (broad SMARTS) is 1. The lowest BCUT2D eigenvalue weighted by atomic mass is 10.1. The van der Waals surface area contributed by atoms with Crippen LogP contribution in [0.4, 0.5) is 0 Å². The summed E-state index contributed by atoms with van der Waals surface area (Å²) in [5.41, 5.74) is 1.90. The third-order valence-corrected chi connectivity index (χ3v) is 3.35. The molecule has 104 valence electrons. The molecule has 1 aliphatic heterocycles. The Morgan fingerprint density at radius 1 is 1.24 bits per heavy atom. The fraction of sp³-hybridized carbons (Fsp3) is 0.0714. The highest BCUT2D eigenvalue weighted by Crippen LogP contribution is 2.37. The Morgan fingerprint density at radius 3 is 2.95 bits per heavy atom. The fourth-order valence-corrected chi connectivity index (χ4v) is 2.39. The number of hydrogen-bond donors (Lipinski definition) is 2. The van der Waals surface area contributed by atoms with Crippen LogP contribution < -0.4 is 9.47 Å². The maximum atomic E-state index is 11.3. The molecule has 0 spiro atoms. The van der Waals surface area contributed by atoms with Gasteiger partial charge >= 0.3 is 5.97 Å². The van der Waals surface area contributed by atoms with Crippen molar-refractivity contribution in [3.63, 3.8) is 0 Å². The number of carbonyl (C=O) groups is 1. The molecule has 0 aliphatic carbocycles. The zero-order valence-electron chi connectivity index (χ0n) is 10.7. The Hall–Kier alpha value is -3.09. The Morgan fingerprint density at radius 2 is 2.10 bits per heavy atom. The third-order valence-electron chi connectivity index (χ3n) is 3.35. The van der Waals surface area contributed by atoms with Crippen LogP contribution in [-0.2, 0) is 0 Å². The molecule has 1 aliphatic rings. The Kier molecular flexibility index (Phi) is 2.34. The molecule has 7 nitrogen and oxygen atoms in total. The van der Waals surface area contributed by atoms with Crippen LogP contribution in [0.3, 0.4) is 0 Å². The highest BCUT2D eigenvalue weighted by molar-refractivity contribution is 6.07. The summed E-state index contributed by atoms with van der Waals surface area (Å²) >= 11 is 0. The molecule has 0 saturated carbocycles. The van der Waals surface area contributed by atoms with E-state index in [2.05, 4.69) is 15.0 Å². The van der Waals surface area contributed by atoms with Gasteiger partial charge < -0.3 is 19.6 Å². The first-order valence-electron chi connectivity index (χ1n) is 6.19. The van der Waals surface area contributed by atoms with Crippen LogP contribution in [0, 0.1) is 0 Å². The van der Waals surface area contributed by atoms with Crippen molar-refractivity contribution in [3.05, 3.63) is 36.3 Å². The quantitative estimate of drug-likeness (QED) is 0.747. The molecule has 21 heavy (non-hydrogen) atoms. The molecule has 0 unspecified atom stereocenters. The number of carboxylic acids is 1. The SMILES string of the molecule is O=C(O)c1c[nH]c2ncnc(-c3ccc4c(c3)OCO4)c12. The highest BCUT2D eigenvalue weighted by atomic mass is 16.7. The van der Waals surface area contributed by atoms with Crippen molar-refractivity contribution in [1.82, 2.24) is 15.0 Å². The van der Waals surface area contributed by atoms with E-state index in [1.165, 1.54) is 12.5 Å². The summed E-state index contributed by atoms with van der Waals surface area (Å²) in [6, 6.07) is 5.37. The lowest BCUT2D eigenvalue weighted by Crippen LogP contribution is -1.96. The molecule has 4 rings (SSSR count). The average Bonchev–Trinajstić information content (AvgIpc) is 3.12. The highest BCUT2D eigenvalue weighted by Gasteiger charge is 2.19. The van der Waals surface area contributed by atoms with Gasteiger partial charge in [-0.1, -0.05) is 0 Å². The topological polar surface area (TPSA) is 97.3 Å². The van der Waals surface area contributed by atoms with Crippen LogP contribution in [-0.4, -0.2) is 32.8 Å². The second-order valence-corrected chi connectivity index (χ2v) is 4.52. The number of nitrogens with zero attached hydrogens (tertiary/aromatic N) is 2. The Bertz CT molecular complexity index is 872. The molecule has 0 saturated heterocycles. The number of H-pyrrole nitrogens is 1. The Balaban J connectivity index is 1.98. The summed E-state index contributed by atoms with van der Waals surface area (Å²) in [4.78, 5) is 22.5. The summed E-state index contributed by atoms with van der Waals surface area (Å²) in [6.07, 6.45) is 2.81. The first-order valence-corrected chi connectivity index (χ1v) is 6.19. The van der Waals surface area contributed by atoms with Gasteiger partial charge in [0.25, 0.3) is 0 Å². The standard InChI is InChI=1S/C14H9N3O4/c18-14(19)8-4-15-13-11(8)12(16-5-17-13)7-1-2-9-10(3-7)21-6-20-9/h1-5H,6H2,(H,18,19)(H,15,16,17). The fourth-order valence-electron chi connectivity index (χ4n) is 2.39. The van der Waals surface area contributed by atoms with Crippen molar-refractivity contribution in [2.24, 2.45) is 0 Å². The van der Waals surface area contributed by atoms with Crippen LogP contribution in [0.25, 0.3) is 22.3 Å². The number of aromatic carboxylic acids is 1. The summed E-state index contributed by atoms with van der Waals surface area (Å²) < 4.78 is 10.6. The average molecular weight is 283 g/mol. The molecular formula is C14H9N3O4. The maximum absolute atomic E-state index is 11.3. The molecule has 0 bridgehead atoms. The van der Waals surface area contributed by atoms with Crippen molar-refractivity contribution in [2.45, 2.75) is 0 Å². The van der Waals surface area contributed by atoms with Crippen LogP contribution in [0.2, 0.25) is 0 Å². The molecule has 3 aromatic rings. The van der Waals surface area contributed by atoms with Crippen LogP contribution in [0.15, 0.2) is 30.7 Å². The summed E-state index contributed by atoms with van der Waals surface area (Å²) in [7, 11) is 0. The predicted molar refractivity (Wildman–Crippen MR) is 72.4 cm³/mol. The van der Waals surface area contributed by atoms with E-state index >= 15 is 0 Å². The van der Waals surface area contributed by atoms with E-state index in [9.17, 15) is 9.90 Å². The second-order valence-electron chi connectivity index (χ2n) is 4.52. The van der Waals surface area contributed by atoms with Gasteiger partial charge in [-0.05, 0) is 18.2 Å².